The Morgan fingerprint density at radius 1 is 1.06 bits per heavy atom. The highest BCUT2D eigenvalue weighted by molar-refractivity contribution is 5.97. The van der Waals surface area contributed by atoms with Crippen LogP contribution in [0.3, 0.4) is 0 Å². The Morgan fingerprint density at radius 2 is 1.68 bits per heavy atom. The molecule has 0 aromatic heterocycles. The maximum Gasteiger partial charge on any atom is 0.338 e. The fraction of sp³-hybridized carbons (Fsp3) is 0.517. The first kappa shape index (κ1) is 24.5. The van der Waals surface area contributed by atoms with Gasteiger partial charge in [-0.3, -0.25) is 9.69 Å². The molecule has 1 atom stereocenters. The van der Waals surface area contributed by atoms with Gasteiger partial charge in [0.05, 0.1) is 18.2 Å². The van der Waals surface area contributed by atoms with E-state index in [1.54, 1.807) is 0 Å². The number of hydrogen-bond donors (Lipinski definition) is 1. The molecule has 5 nitrogen and oxygen atoms in total. The summed E-state index contributed by atoms with van der Waals surface area (Å²) in [6, 6.07) is 14.0. The molecule has 2 aromatic carbocycles. The van der Waals surface area contributed by atoms with Crippen LogP contribution in [-0.2, 0) is 4.74 Å². The number of nitrogens with one attached hydrogen (secondary N) is 1. The molecule has 1 unspecified atom stereocenters. The highest BCUT2D eigenvalue weighted by Gasteiger charge is 2.54. The van der Waals surface area contributed by atoms with Crippen molar-refractivity contribution in [1.29, 1.82) is 0 Å². The molecule has 2 aliphatic rings. The van der Waals surface area contributed by atoms with Gasteiger partial charge in [0.15, 0.2) is 0 Å². The number of hydrogen-bond acceptors (Lipinski definition) is 4. The first-order chi connectivity index (χ1) is 16.2. The lowest BCUT2D eigenvalue weighted by atomic mass is 9.78. The van der Waals surface area contributed by atoms with Crippen LogP contribution in [0.5, 0.6) is 0 Å². The fourth-order valence-electron chi connectivity index (χ4n) is 5.88. The Balaban J connectivity index is 1.61. The molecule has 2 bridgehead atoms. The van der Waals surface area contributed by atoms with Gasteiger partial charge in [-0.2, -0.15) is 0 Å². The average molecular weight is 463 g/mol. The number of esters is 1. The van der Waals surface area contributed by atoms with E-state index in [1.165, 1.54) is 0 Å². The normalized spacial score (nSPS) is 22.7. The second-order valence-electron chi connectivity index (χ2n) is 10.6. The molecule has 0 spiro atoms. The van der Waals surface area contributed by atoms with Crippen LogP contribution in [-0.4, -0.2) is 42.0 Å². The van der Waals surface area contributed by atoms with Gasteiger partial charge in [0, 0.05) is 17.1 Å². The van der Waals surface area contributed by atoms with E-state index >= 15 is 0 Å². The molecule has 1 amide bonds. The predicted octanol–water partition coefficient (Wildman–Crippen LogP) is 5.60. The summed E-state index contributed by atoms with van der Waals surface area (Å²) in [5.74, 6) is 0.172. The fourth-order valence-corrected chi connectivity index (χ4v) is 5.88. The molecule has 2 saturated heterocycles. The minimum Gasteiger partial charge on any atom is -0.462 e. The summed E-state index contributed by atoms with van der Waals surface area (Å²) in [6.07, 6.45) is 5.29. The molecule has 182 valence electrons. The number of carbonyl (C=O) groups excluding carboxylic acids is 2. The van der Waals surface area contributed by atoms with Gasteiger partial charge in [-0.25, -0.2) is 4.79 Å². The van der Waals surface area contributed by atoms with Crippen molar-refractivity contribution in [1.82, 2.24) is 10.2 Å². The number of nitrogens with zero attached hydrogens (tertiary/aromatic N) is 1. The summed E-state index contributed by atoms with van der Waals surface area (Å²) in [5.41, 5.74) is 4.21. The number of ether oxygens (including phenoxy) is 1. The zero-order valence-electron chi connectivity index (χ0n) is 21.2. The van der Waals surface area contributed by atoms with Gasteiger partial charge in [-0.1, -0.05) is 44.2 Å². The van der Waals surface area contributed by atoms with Gasteiger partial charge in [0.2, 0.25) is 0 Å². The van der Waals surface area contributed by atoms with Crippen molar-refractivity contribution in [2.45, 2.75) is 77.4 Å². The second kappa shape index (κ2) is 9.91. The van der Waals surface area contributed by atoms with E-state index in [9.17, 15) is 9.59 Å². The number of benzene rings is 2. The van der Waals surface area contributed by atoms with Gasteiger partial charge in [-0.15, -0.1) is 0 Å². The van der Waals surface area contributed by atoms with Gasteiger partial charge >= 0.3 is 5.97 Å². The largest absolute Gasteiger partial charge is 0.462 e. The SMILES string of the molecule is Cc1cccc(C)c1C(=O)NC(c1ccc(C(=O)OCCC(C)C)cc1)C12CCC(CC1)N2C. The Kier molecular flexibility index (Phi) is 7.13. The van der Waals surface area contributed by atoms with Crippen LogP contribution in [0, 0.1) is 19.8 Å². The summed E-state index contributed by atoms with van der Waals surface area (Å²) in [7, 11) is 2.20. The lowest BCUT2D eigenvalue weighted by Crippen LogP contribution is -2.51. The van der Waals surface area contributed by atoms with E-state index < -0.39 is 0 Å². The number of amides is 1. The minimum atomic E-state index is -0.291. The van der Waals surface area contributed by atoms with Crippen LogP contribution in [0.2, 0.25) is 0 Å². The molecule has 0 radical (unpaired) electrons. The molecular weight excluding hydrogens is 424 g/mol. The van der Waals surface area contributed by atoms with Crippen molar-refractivity contribution in [3.8, 4) is 0 Å². The molecule has 1 N–H and O–H groups in total. The Labute approximate surface area is 203 Å². The molecule has 2 heterocycles. The number of carbonyl (C=O) groups is 2. The van der Waals surface area contributed by atoms with E-state index in [-0.39, 0.29) is 23.5 Å². The van der Waals surface area contributed by atoms with E-state index in [0.717, 1.165) is 54.4 Å². The summed E-state index contributed by atoms with van der Waals surface area (Å²) in [6.45, 7) is 8.64. The molecular formula is C29H38N2O3. The number of fused-ring (bicyclic) bond motifs is 2. The Bertz CT molecular complexity index is 1020. The third-order valence-corrected chi connectivity index (χ3v) is 8.00. The molecule has 2 aliphatic heterocycles. The summed E-state index contributed by atoms with van der Waals surface area (Å²) in [5, 5.41) is 3.42. The van der Waals surface area contributed by atoms with Crippen molar-refractivity contribution < 1.29 is 14.3 Å². The lowest BCUT2D eigenvalue weighted by Gasteiger charge is -2.41. The van der Waals surface area contributed by atoms with Crippen LogP contribution in [0.25, 0.3) is 0 Å². The number of aryl methyl sites for hydroxylation is 2. The third kappa shape index (κ3) is 4.63. The van der Waals surface area contributed by atoms with Crippen LogP contribution in [0.1, 0.15) is 89.4 Å². The van der Waals surface area contributed by atoms with Gasteiger partial charge in [-0.05, 0) is 87.7 Å². The summed E-state index contributed by atoms with van der Waals surface area (Å²) in [4.78, 5) is 28.5. The van der Waals surface area contributed by atoms with Crippen molar-refractivity contribution in [3.63, 3.8) is 0 Å². The molecule has 2 aromatic rings. The highest BCUT2D eigenvalue weighted by atomic mass is 16.5. The smallest absolute Gasteiger partial charge is 0.338 e. The summed E-state index contributed by atoms with van der Waals surface area (Å²) < 4.78 is 5.44. The summed E-state index contributed by atoms with van der Waals surface area (Å²) >= 11 is 0. The first-order valence-electron chi connectivity index (χ1n) is 12.6. The molecule has 0 aliphatic carbocycles. The topological polar surface area (TPSA) is 58.6 Å². The van der Waals surface area contributed by atoms with Crippen LogP contribution in [0.15, 0.2) is 42.5 Å². The van der Waals surface area contributed by atoms with Crippen molar-refractivity contribution in [2.75, 3.05) is 13.7 Å². The third-order valence-electron chi connectivity index (χ3n) is 8.00. The standard InChI is InChI=1S/C29H38N2O3/c1-19(2)15-18-34-28(33)23-11-9-22(10-12-23)26(29-16-13-24(14-17-29)31(29)5)30-27(32)25-20(3)7-6-8-21(25)4/h6-12,19,24,26H,13-18H2,1-5H3,(H,30,32). The lowest BCUT2D eigenvalue weighted by molar-refractivity contribution is 0.0487. The average Bonchev–Trinajstić information content (AvgIpc) is 3.29. The number of likely N-dealkylation sites (N-methyl/N-ethyl adjacent to an activating group) is 1. The zero-order chi connectivity index (χ0) is 24.5. The Morgan fingerprint density at radius 3 is 2.21 bits per heavy atom. The van der Waals surface area contributed by atoms with Crippen LogP contribution >= 0.6 is 0 Å². The highest BCUT2D eigenvalue weighted by Crippen LogP contribution is 2.51. The molecule has 4 rings (SSSR count). The van der Waals surface area contributed by atoms with Gasteiger partial charge in [0.25, 0.3) is 5.91 Å². The molecule has 0 saturated carbocycles. The van der Waals surface area contributed by atoms with E-state index in [1.807, 2.05) is 56.3 Å². The van der Waals surface area contributed by atoms with Gasteiger partial charge in [0.1, 0.15) is 0 Å². The van der Waals surface area contributed by atoms with Crippen molar-refractivity contribution in [2.24, 2.45) is 5.92 Å². The first-order valence-corrected chi connectivity index (χ1v) is 12.6. The van der Waals surface area contributed by atoms with E-state index in [4.69, 9.17) is 4.74 Å². The van der Waals surface area contributed by atoms with Gasteiger partial charge < -0.3 is 10.1 Å². The van der Waals surface area contributed by atoms with E-state index in [2.05, 4.69) is 31.1 Å². The minimum absolute atomic E-state index is 0.0316. The number of rotatable bonds is 8. The second-order valence-corrected chi connectivity index (χ2v) is 10.6. The van der Waals surface area contributed by atoms with Crippen molar-refractivity contribution >= 4 is 11.9 Å². The molecule has 5 heteroatoms. The van der Waals surface area contributed by atoms with Crippen LogP contribution < -0.4 is 5.32 Å². The Hall–Kier alpha value is -2.66. The predicted molar refractivity (Wildman–Crippen MR) is 135 cm³/mol. The maximum absolute atomic E-state index is 13.5. The quantitative estimate of drug-likeness (QED) is 0.519. The van der Waals surface area contributed by atoms with Crippen LogP contribution in [0.4, 0.5) is 0 Å². The maximum atomic E-state index is 13.5. The molecule has 2 fully saturated rings. The van der Waals surface area contributed by atoms with Crippen molar-refractivity contribution in [3.05, 3.63) is 70.3 Å². The van der Waals surface area contributed by atoms with E-state index in [0.29, 0.717) is 24.1 Å². The zero-order valence-corrected chi connectivity index (χ0v) is 21.2. The monoisotopic (exact) mass is 462 g/mol. The molecule has 34 heavy (non-hydrogen) atoms.